The minimum absolute atomic E-state index is 0.0221. The molecule has 2 aromatic carbocycles. The number of nitrogens with one attached hydrogen (secondary N) is 1. The number of aromatic nitrogens is 2. The Labute approximate surface area is 177 Å². The highest BCUT2D eigenvalue weighted by Gasteiger charge is 2.33. The van der Waals surface area contributed by atoms with Crippen molar-refractivity contribution >= 4 is 21.8 Å². The molecule has 3 aromatic rings. The first kappa shape index (κ1) is 22.5. The molecule has 7 nitrogen and oxygen atoms in total. The van der Waals surface area contributed by atoms with E-state index >= 15 is 0 Å². The Morgan fingerprint density at radius 2 is 1.74 bits per heavy atom. The topological polar surface area (TPSA) is 124 Å². The number of rotatable bonds is 6. The summed E-state index contributed by atoms with van der Waals surface area (Å²) in [6, 6.07) is 11.5. The van der Waals surface area contributed by atoms with Crippen LogP contribution >= 0.6 is 0 Å². The lowest BCUT2D eigenvalue weighted by Crippen LogP contribution is -2.12. The van der Waals surface area contributed by atoms with Gasteiger partial charge >= 0.3 is 6.18 Å². The number of nitrogen functional groups attached to an aromatic ring is 1. The normalized spacial score (nSPS) is 12.0. The highest BCUT2D eigenvalue weighted by molar-refractivity contribution is 7.89. The van der Waals surface area contributed by atoms with Gasteiger partial charge in [0.05, 0.1) is 16.2 Å². The van der Waals surface area contributed by atoms with Crippen molar-refractivity contribution in [2.45, 2.75) is 24.4 Å². The van der Waals surface area contributed by atoms with Crippen molar-refractivity contribution in [1.29, 1.82) is 0 Å². The first-order chi connectivity index (χ1) is 14.4. The van der Waals surface area contributed by atoms with Gasteiger partial charge in [0.1, 0.15) is 5.82 Å². The number of nitrogens with zero attached hydrogens (tertiary/aromatic N) is 2. The van der Waals surface area contributed by atoms with Crippen molar-refractivity contribution < 1.29 is 21.6 Å². The van der Waals surface area contributed by atoms with E-state index in [4.69, 9.17) is 10.9 Å². The molecule has 0 saturated heterocycles. The second-order valence-electron chi connectivity index (χ2n) is 6.84. The molecule has 11 heteroatoms. The molecule has 0 aliphatic carbocycles. The zero-order valence-electron chi connectivity index (χ0n) is 16.4. The largest absolute Gasteiger partial charge is 0.416 e. The molecule has 0 amide bonds. The molecule has 0 aliphatic rings. The summed E-state index contributed by atoms with van der Waals surface area (Å²) < 4.78 is 62.2. The molecule has 0 fully saturated rings. The number of nitrogens with two attached hydrogens (primary N) is 2. The van der Waals surface area contributed by atoms with Crippen LogP contribution in [0.5, 0.6) is 0 Å². The molecule has 0 radical (unpaired) electrons. The third kappa shape index (κ3) is 5.50. The average molecular weight is 451 g/mol. The number of benzene rings is 2. The van der Waals surface area contributed by atoms with Gasteiger partial charge in [-0.1, -0.05) is 24.3 Å². The lowest BCUT2D eigenvalue weighted by Gasteiger charge is -2.14. The van der Waals surface area contributed by atoms with E-state index in [2.05, 4.69) is 15.3 Å². The van der Waals surface area contributed by atoms with Crippen molar-refractivity contribution in [3.63, 3.8) is 0 Å². The first-order valence-corrected chi connectivity index (χ1v) is 10.7. The molecule has 31 heavy (non-hydrogen) atoms. The van der Waals surface area contributed by atoms with Crippen LogP contribution in [0.15, 0.2) is 53.4 Å². The number of hydrogen-bond donors (Lipinski definition) is 3. The maximum atomic E-state index is 13.2. The van der Waals surface area contributed by atoms with E-state index in [-0.39, 0.29) is 22.1 Å². The number of alkyl halides is 3. The van der Waals surface area contributed by atoms with Crippen molar-refractivity contribution in [2.24, 2.45) is 5.14 Å². The summed E-state index contributed by atoms with van der Waals surface area (Å²) in [7, 11) is -3.75. The van der Waals surface area contributed by atoms with Crippen molar-refractivity contribution in [3.8, 4) is 11.3 Å². The van der Waals surface area contributed by atoms with Crippen LogP contribution in [0.3, 0.4) is 0 Å². The van der Waals surface area contributed by atoms with Crippen LogP contribution < -0.4 is 16.2 Å². The Balaban J connectivity index is 1.77. The highest BCUT2D eigenvalue weighted by Crippen LogP contribution is 2.36. The minimum Gasteiger partial charge on any atom is -0.370 e. The van der Waals surface area contributed by atoms with E-state index < -0.39 is 21.8 Å². The summed E-state index contributed by atoms with van der Waals surface area (Å²) in [6.07, 6.45) is -3.94. The van der Waals surface area contributed by atoms with Gasteiger partial charge < -0.3 is 11.1 Å². The van der Waals surface area contributed by atoms with E-state index in [1.807, 2.05) is 0 Å². The summed E-state index contributed by atoms with van der Waals surface area (Å²) in [5.41, 5.74) is 6.51. The van der Waals surface area contributed by atoms with Gasteiger partial charge in [0.25, 0.3) is 0 Å². The third-order valence-electron chi connectivity index (χ3n) is 4.63. The van der Waals surface area contributed by atoms with Crippen LogP contribution in [0, 0.1) is 6.92 Å². The van der Waals surface area contributed by atoms with Crippen LogP contribution in [-0.2, 0) is 22.6 Å². The smallest absolute Gasteiger partial charge is 0.370 e. The second kappa shape index (κ2) is 8.52. The van der Waals surface area contributed by atoms with Crippen LogP contribution in [0.25, 0.3) is 11.3 Å². The van der Waals surface area contributed by atoms with E-state index in [1.54, 1.807) is 18.2 Å². The Hall–Kier alpha value is -3.18. The lowest BCUT2D eigenvalue weighted by atomic mass is 9.99. The van der Waals surface area contributed by atoms with Crippen LogP contribution in [0.4, 0.5) is 24.9 Å². The summed E-state index contributed by atoms with van der Waals surface area (Å²) in [6.45, 7) is 1.81. The van der Waals surface area contributed by atoms with Gasteiger partial charge in [-0.2, -0.15) is 18.2 Å². The fourth-order valence-corrected chi connectivity index (χ4v) is 3.61. The molecule has 0 bridgehead atoms. The number of halogens is 3. The second-order valence-corrected chi connectivity index (χ2v) is 8.40. The summed E-state index contributed by atoms with van der Waals surface area (Å²) in [4.78, 5) is 8.18. The first-order valence-electron chi connectivity index (χ1n) is 9.12. The van der Waals surface area contributed by atoms with Gasteiger partial charge in [-0.15, -0.1) is 0 Å². The molecular weight excluding hydrogens is 431 g/mol. The molecule has 0 aliphatic heterocycles. The maximum Gasteiger partial charge on any atom is 0.416 e. The highest BCUT2D eigenvalue weighted by atomic mass is 32.2. The zero-order valence-corrected chi connectivity index (χ0v) is 17.3. The maximum absolute atomic E-state index is 13.2. The number of sulfonamides is 1. The van der Waals surface area contributed by atoms with E-state index in [0.717, 1.165) is 11.6 Å². The van der Waals surface area contributed by atoms with E-state index in [1.165, 1.54) is 31.2 Å². The predicted molar refractivity (Wildman–Crippen MR) is 112 cm³/mol. The molecular formula is C20H20F3N5O2S. The number of anilines is 2. The summed E-state index contributed by atoms with van der Waals surface area (Å²) in [5.74, 6) is 0.287. The molecule has 0 atom stereocenters. The molecule has 0 saturated carbocycles. The molecule has 5 N–H and O–H groups in total. The monoisotopic (exact) mass is 451 g/mol. The van der Waals surface area contributed by atoms with Crippen molar-refractivity contribution in [3.05, 3.63) is 65.2 Å². The van der Waals surface area contributed by atoms with Crippen LogP contribution in [0.1, 0.15) is 16.7 Å². The zero-order chi connectivity index (χ0) is 22.8. The molecule has 1 aromatic heterocycles. The van der Waals surface area contributed by atoms with Crippen LogP contribution in [0.2, 0.25) is 0 Å². The predicted octanol–water partition coefficient (Wildman–Crippen LogP) is 3.36. The fourth-order valence-electron chi connectivity index (χ4n) is 3.10. The van der Waals surface area contributed by atoms with E-state index in [0.29, 0.717) is 24.3 Å². The Bertz CT molecular complexity index is 1200. The average Bonchev–Trinajstić information content (AvgIpc) is 2.66. The van der Waals surface area contributed by atoms with Gasteiger partial charge in [0.15, 0.2) is 0 Å². The van der Waals surface area contributed by atoms with Gasteiger partial charge in [-0.05, 0) is 42.7 Å². The Morgan fingerprint density at radius 3 is 2.35 bits per heavy atom. The molecule has 1 heterocycles. The molecule has 0 spiro atoms. The third-order valence-corrected chi connectivity index (χ3v) is 5.56. The fraction of sp³-hybridized carbons (Fsp3) is 0.200. The minimum atomic E-state index is -4.47. The standard InChI is InChI=1S/C20H20F3N5O2S/c1-12-15(3-2-4-16(12)20(21,22)23)17-11-18(28-19(24)27-17)26-10-9-13-5-7-14(8-6-13)31(25,29)30/h2-8,11H,9-10H2,1H3,(H2,25,29,30)(H3,24,26,27,28). The van der Waals surface area contributed by atoms with Crippen molar-refractivity contribution in [1.82, 2.24) is 9.97 Å². The van der Waals surface area contributed by atoms with Gasteiger partial charge in [0.2, 0.25) is 16.0 Å². The van der Waals surface area contributed by atoms with Gasteiger partial charge in [-0.3, -0.25) is 0 Å². The number of hydrogen-bond acceptors (Lipinski definition) is 6. The summed E-state index contributed by atoms with van der Waals surface area (Å²) >= 11 is 0. The van der Waals surface area contributed by atoms with Crippen LogP contribution in [-0.4, -0.2) is 24.9 Å². The Morgan fingerprint density at radius 1 is 1.06 bits per heavy atom. The quantitative estimate of drug-likeness (QED) is 0.528. The van der Waals surface area contributed by atoms with Gasteiger partial charge in [0, 0.05) is 18.2 Å². The number of primary sulfonamides is 1. The molecule has 0 unspecified atom stereocenters. The van der Waals surface area contributed by atoms with Crippen molar-refractivity contribution in [2.75, 3.05) is 17.6 Å². The lowest BCUT2D eigenvalue weighted by molar-refractivity contribution is -0.138. The summed E-state index contributed by atoms with van der Waals surface area (Å²) in [5, 5.41) is 8.13. The molecule has 164 valence electrons. The molecule has 3 rings (SSSR count). The van der Waals surface area contributed by atoms with Gasteiger partial charge in [-0.25, -0.2) is 18.5 Å². The Kier molecular flexibility index (Phi) is 6.18. The van der Waals surface area contributed by atoms with E-state index in [9.17, 15) is 21.6 Å². The SMILES string of the molecule is Cc1c(-c2cc(NCCc3ccc(S(N)(=O)=O)cc3)nc(N)n2)cccc1C(F)(F)F.